The van der Waals surface area contributed by atoms with Crippen LogP contribution >= 0.6 is 22.9 Å². The molecule has 0 saturated carbocycles. The Hall–Kier alpha value is -2.70. The van der Waals surface area contributed by atoms with Gasteiger partial charge in [0.15, 0.2) is 0 Å². The number of H-pyrrole nitrogens is 1. The molecule has 0 bridgehead atoms. The Morgan fingerprint density at radius 2 is 1.68 bits per heavy atom. The number of sulfonamides is 1. The van der Waals surface area contributed by atoms with Crippen molar-refractivity contribution in [1.29, 1.82) is 0 Å². The molecule has 8 nitrogen and oxygen atoms in total. The summed E-state index contributed by atoms with van der Waals surface area (Å²) in [5.41, 5.74) is 1.98. The summed E-state index contributed by atoms with van der Waals surface area (Å²) in [5.74, 6) is -0.575. The number of carbonyl (C=O) groups excluding carboxylic acids is 1. The van der Waals surface area contributed by atoms with E-state index in [0.717, 1.165) is 22.5 Å². The van der Waals surface area contributed by atoms with Crippen LogP contribution in [-0.2, 0) is 19.9 Å². The highest BCUT2D eigenvalue weighted by molar-refractivity contribution is 7.92. The molecule has 0 aliphatic heterocycles. The minimum Gasteiger partial charge on any atom is -0.351 e. The fraction of sp³-hybridized carbons (Fsp3) is 0.240. The molecule has 196 valence electrons. The van der Waals surface area contributed by atoms with Crippen molar-refractivity contribution in [2.45, 2.75) is 40.7 Å². The zero-order chi connectivity index (χ0) is 26.8. The first-order valence-corrected chi connectivity index (χ1v) is 15.7. The van der Waals surface area contributed by atoms with Gasteiger partial charge in [0.05, 0.1) is 4.90 Å². The number of sulfone groups is 1. The molecule has 1 amide bonds. The highest BCUT2D eigenvalue weighted by atomic mass is 35.5. The van der Waals surface area contributed by atoms with Crippen molar-refractivity contribution >= 4 is 59.6 Å². The fourth-order valence-electron chi connectivity index (χ4n) is 4.02. The lowest BCUT2D eigenvalue weighted by Gasteiger charge is -2.10. The Bertz CT molecular complexity index is 1640. The minimum atomic E-state index is -4.06. The number of aryl methyl sites for hydroxylation is 2. The lowest BCUT2D eigenvalue weighted by molar-refractivity contribution is 0.0945. The zero-order valence-electron chi connectivity index (χ0n) is 20.2. The molecule has 2 heterocycles. The Balaban J connectivity index is 1.51. The third kappa shape index (κ3) is 6.07. The SMILES string of the molecule is Cc1cc(C)cc(S(=O)(=O)c2c(C(=O)NCCCCNS(=O)(=O)c3cccs3)[nH]c3ccc(Cl)cc23)c1. The monoisotopic (exact) mass is 579 g/mol. The second-order valence-corrected chi connectivity index (χ2v) is 13.9. The Labute approximate surface area is 225 Å². The van der Waals surface area contributed by atoms with Crippen molar-refractivity contribution in [3.63, 3.8) is 0 Å². The van der Waals surface area contributed by atoms with Crippen LogP contribution in [0.15, 0.2) is 67.9 Å². The van der Waals surface area contributed by atoms with Gasteiger partial charge in [0.1, 0.15) is 14.8 Å². The number of nitrogens with one attached hydrogen (secondary N) is 3. The van der Waals surface area contributed by atoms with Crippen LogP contribution in [0.2, 0.25) is 5.02 Å². The van der Waals surface area contributed by atoms with Gasteiger partial charge < -0.3 is 10.3 Å². The van der Waals surface area contributed by atoms with Crippen molar-refractivity contribution in [1.82, 2.24) is 15.0 Å². The highest BCUT2D eigenvalue weighted by Gasteiger charge is 2.30. The van der Waals surface area contributed by atoms with E-state index in [1.807, 2.05) is 19.9 Å². The summed E-state index contributed by atoms with van der Waals surface area (Å²) in [7, 11) is -7.60. The molecule has 2 aromatic heterocycles. The Morgan fingerprint density at radius 1 is 0.973 bits per heavy atom. The number of amides is 1. The number of aromatic nitrogens is 1. The van der Waals surface area contributed by atoms with Gasteiger partial charge in [0.2, 0.25) is 19.9 Å². The maximum Gasteiger partial charge on any atom is 0.269 e. The van der Waals surface area contributed by atoms with Crippen LogP contribution in [0.4, 0.5) is 0 Å². The van der Waals surface area contributed by atoms with E-state index in [4.69, 9.17) is 11.6 Å². The summed E-state index contributed by atoms with van der Waals surface area (Å²) < 4.78 is 54.6. The van der Waals surface area contributed by atoms with E-state index < -0.39 is 25.8 Å². The van der Waals surface area contributed by atoms with E-state index in [0.29, 0.717) is 28.8 Å². The molecule has 0 atom stereocenters. The predicted octanol–water partition coefficient (Wildman–Crippen LogP) is 4.82. The first-order chi connectivity index (χ1) is 17.5. The van der Waals surface area contributed by atoms with Gasteiger partial charge in [0, 0.05) is 29.0 Å². The molecule has 0 unspecified atom stereocenters. The number of fused-ring (bicyclic) bond motifs is 1. The molecule has 0 spiro atoms. The van der Waals surface area contributed by atoms with E-state index in [1.165, 1.54) is 12.1 Å². The van der Waals surface area contributed by atoms with Crippen LogP contribution in [0.25, 0.3) is 10.9 Å². The number of benzene rings is 2. The van der Waals surface area contributed by atoms with Gasteiger partial charge in [-0.05, 0) is 79.6 Å². The largest absolute Gasteiger partial charge is 0.351 e. The van der Waals surface area contributed by atoms with Crippen LogP contribution in [0.3, 0.4) is 0 Å². The maximum atomic E-state index is 13.7. The van der Waals surface area contributed by atoms with Crippen LogP contribution in [0.1, 0.15) is 34.5 Å². The zero-order valence-corrected chi connectivity index (χ0v) is 23.4. The summed E-state index contributed by atoms with van der Waals surface area (Å²) >= 11 is 7.30. The number of thiophene rings is 1. The summed E-state index contributed by atoms with van der Waals surface area (Å²) in [6.07, 6.45) is 0.977. The lowest BCUT2D eigenvalue weighted by Crippen LogP contribution is -2.28. The Morgan fingerprint density at radius 3 is 2.35 bits per heavy atom. The lowest BCUT2D eigenvalue weighted by atomic mass is 10.2. The smallest absolute Gasteiger partial charge is 0.269 e. The first-order valence-electron chi connectivity index (χ1n) is 11.4. The number of rotatable bonds is 10. The van der Waals surface area contributed by atoms with E-state index in [9.17, 15) is 21.6 Å². The molecular weight excluding hydrogens is 554 g/mol. The molecule has 37 heavy (non-hydrogen) atoms. The van der Waals surface area contributed by atoms with Crippen LogP contribution in [-0.4, -0.2) is 40.8 Å². The van der Waals surface area contributed by atoms with Gasteiger partial charge in [-0.3, -0.25) is 4.79 Å². The molecule has 4 aromatic rings. The molecule has 0 radical (unpaired) electrons. The summed E-state index contributed by atoms with van der Waals surface area (Å²) in [5, 5.41) is 5.12. The van der Waals surface area contributed by atoms with Gasteiger partial charge in [-0.2, -0.15) is 0 Å². The van der Waals surface area contributed by atoms with Crippen LogP contribution < -0.4 is 10.0 Å². The van der Waals surface area contributed by atoms with Crippen molar-refractivity contribution < 1.29 is 21.6 Å². The number of carbonyl (C=O) groups is 1. The molecule has 0 aliphatic carbocycles. The van der Waals surface area contributed by atoms with E-state index in [1.54, 1.807) is 35.7 Å². The van der Waals surface area contributed by atoms with Crippen molar-refractivity contribution in [3.05, 3.63) is 75.8 Å². The molecule has 2 aromatic carbocycles. The molecule has 0 saturated heterocycles. The van der Waals surface area contributed by atoms with Gasteiger partial charge in [-0.1, -0.05) is 23.7 Å². The van der Waals surface area contributed by atoms with E-state index in [-0.39, 0.29) is 32.8 Å². The van der Waals surface area contributed by atoms with E-state index >= 15 is 0 Å². The molecule has 0 aliphatic rings. The van der Waals surface area contributed by atoms with Crippen molar-refractivity contribution in [2.24, 2.45) is 0 Å². The standard InChI is InChI=1S/C25H26ClN3O5S3/c1-16-12-17(2)14-19(13-16)36(31,32)24-20-15-18(26)7-8-21(20)29-23(24)25(30)27-9-3-4-10-28-37(33,34)22-6-5-11-35-22/h5-8,11-15,28-29H,3-4,9-10H2,1-2H3,(H,27,30). The summed E-state index contributed by atoms with van der Waals surface area (Å²) in [6, 6.07) is 13.0. The highest BCUT2D eigenvalue weighted by Crippen LogP contribution is 2.34. The normalized spacial score (nSPS) is 12.2. The second kappa shape index (κ2) is 11.0. The topological polar surface area (TPSA) is 125 Å². The molecule has 3 N–H and O–H groups in total. The minimum absolute atomic E-state index is 0.0742. The van der Waals surface area contributed by atoms with E-state index in [2.05, 4.69) is 15.0 Å². The first kappa shape index (κ1) is 27.3. The number of halogens is 1. The number of aromatic amines is 1. The molecule has 0 fully saturated rings. The van der Waals surface area contributed by atoms with Gasteiger partial charge in [-0.25, -0.2) is 21.6 Å². The van der Waals surface area contributed by atoms with Crippen LogP contribution in [0.5, 0.6) is 0 Å². The third-order valence-electron chi connectivity index (χ3n) is 5.66. The van der Waals surface area contributed by atoms with Gasteiger partial charge in [0.25, 0.3) is 5.91 Å². The van der Waals surface area contributed by atoms with Crippen molar-refractivity contribution in [3.8, 4) is 0 Å². The molecule has 4 rings (SSSR count). The fourth-order valence-corrected chi connectivity index (χ4v) is 8.09. The average Bonchev–Trinajstić information content (AvgIpc) is 3.49. The predicted molar refractivity (Wildman–Crippen MR) is 146 cm³/mol. The second-order valence-electron chi connectivity index (χ2n) is 8.64. The Kier molecular flexibility index (Phi) is 8.10. The number of hydrogen-bond donors (Lipinski definition) is 3. The third-order valence-corrected chi connectivity index (χ3v) is 10.6. The molecular formula is C25H26ClN3O5S3. The summed E-state index contributed by atoms with van der Waals surface area (Å²) in [6.45, 7) is 4.07. The summed E-state index contributed by atoms with van der Waals surface area (Å²) in [4.78, 5) is 16.0. The average molecular weight is 580 g/mol. The van der Waals surface area contributed by atoms with Gasteiger partial charge in [-0.15, -0.1) is 11.3 Å². The quantitative estimate of drug-likeness (QED) is 0.232. The van der Waals surface area contributed by atoms with Crippen molar-refractivity contribution in [2.75, 3.05) is 13.1 Å². The van der Waals surface area contributed by atoms with Crippen LogP contribution in [0, 0.1) is 13.8 Å². The molecule has 12 heteroatoms. The maximum absolute atomic E-state index is 13.7. The van der Waals surface area contributed by atoms with Gasteiger partial charge >= 0.3 is 0 Å². The number of unbranched alkanes of at least 4 members (excludes halogenated alkanes) is 1. The number of hydrogen-bond acceptors (Lipinski definition) is 6.